The Bertz CT molecular complexity index is 798. The molecule has 0 aliphatic rings. The number of hydrogen-bond donors (Lipinski definition) is 2. The van der Waals surface area contributed by atoms with Crippen molar-refractivity contribution in [3.05, 3.63) is 54.1 Å². The summed E-state index contributed by atoms with van der Waals surface area (Å²) in [6.45, 7) is 8.86. The lowest BCUT2D eigenvalue weighted by molar-refractivity contribution is -0.114. The number of amides is 2. The van der Waals surface area contributed by atoms with Crippen LogP contribution in [0, 0.1) is 0 Å². The van der Waals surface area contributed by atoms with Crippen molar-refractivity contribution in [3.8, 4) is 5.75 Å². The first-order chi connectivity index (χ1) is 13.3. The number of carbonyl (C=O) groups excluding carboxylic acids is 2. The molecule has 0 radical (unpaired) electrons. The van der Waals surface area contributed by atoms with Crippen molar-refractivity contribution in [2.45, 2.75) is 33.1 Å². The number of benzene rings is 2. The first-order valence-corrected chi connectivity index (χ1v) is 10.4. The number of hydrogen-bond acceptors (Lipinski definition) is 4. The fourth-order valence-corrected chi connectivity index (χ4v) is 3.14. The molecule has 2 aromatic carbocycles. The summed E-state index contributed by atoms with van der Waals surface area (Å²) in [6, 6.07) is 15.1. The van der Waals surface area contributed by atoms with Crippen molar-refractivity contribution in [1.29, 1.82) is 0 Å². The Morgan fingerprint density at radius 1 is 0.929 bits per heavy atom. The van der Waals surface area contributed by atoms with Crippen molar-refractivity contribution in [2.24, 2.45) is 0 Å². The van der Waals surface area contributed by atoms with E-state index >= 15 is 0 Å². The lowest BCUT2D eigenvalue weighted by Gasteiger charge is -2.19. The topological polar surface area (TPSA) is 67.4 Å². The summed E-state index contributed by atoms with van der Waals surface area (Å²) < 4.78 is 5.49. The Morgan fingerprint density at radius 2 is 1.54 bits per heavy atom. The average Bonchev–Trinajstić information content (AvgIpc) is 2.63. The highest BCUT2D eigenvalue weighted by Gasteiger charge is 2.13. The van der Waals surface area contributed by atoms with Crippen LogP contribution >= 0.6 is 11.8 Å². The number of carbonyl (C=O) groups is 2. The maximum absolute atomic E-state index is 12.1. The minimum absolute atomic E-state index is 0.0759. The Labute approximate surface area is 171 Å². The molecule has 0 saturated heterocycles. The summed E-state index contributed by atoms with van der Waals surface area (Å²) in [5.41, 5.74) is 2.68. The quantitative estimate of drug-likeness (QED) is 0.674. The summed E-state index contributed by atoms with van der Waals surface area (Å²) in [6.07, 6.45) is 0. The molecule has 0 atom stereocenters. The second-order valence-corrected chi connectivity index (χ2v) is 8.33. The number of rotatable bonds is 8. The largest absolute Gasteiger partial charge is 0.492 e. The van der Waals surface area contributed by atoms with Gasteiger partial charge in [-0.2, -0.15) is 0 Å². The maximum Gasteiger partial charge on any atom is 0.234 e. The van der Waals surface area contributed by atoms with Gasteiger partial charge in [0.05, 0.1) is 23.8 Å². The Morgan fingerprint density at radius 3 is 2.14 bits per heavy atom. The highest BCUT2D eigenvalue weighted by atomic mass is 32.2. The Balaban J connectivity index is 1.77. The van der Waals surface area contributed by atoms with Gasteiger partial charge in [-0.05, 0) is 42.2 Å². The zero-order chi connectivity index (χ0) is 20.6. The molecule has 0 heterocycles. The number of anilines is 2. The molecule has 0 saturated carbocycles. The van der Waals surface area contributed by atoms with E-state index in [2.05, 4.69) is 31.4 Å². The molecule has 6 heteroatoms. The standard InChI is InChI=1S/C22H28N2O3S/c1-5-27-19-9-7-6-8-18(19)24-21(26)15-28-14-20(25)23-17-12-10-16(11-13-17)22(2,3)4/h6-13H,5,14-15H2,1-4H3,(H,23,25)(H,24,26). The van der Waals surface area contributed by atoms with Crippen molar-refractivity contribution < 1.29 is 14.3 Å². The summed E-state index contributed by atoms with van der Waals surface area (Å²) >= 11 is 1.27. The molecular formula is C22H28N2O3S. The van der Waals surface area contributed by atoms with Crippen LogP contribution in [0.4, 0.5) is 11.4 Å². The average molecular weight is 401 g/mol. The third kappa shape index (κ3) is 6.93. The number of nitrogens with one attached hydrogen (secondary N) is 2. The van der Waals surface area contributed by atoms with E-state index in [0.29, 0.717) is 18.0 Å². The van der Waals surface area contributed by atoms with Crippen LogP contribution in [0.1, 0.15) is 33.3 Å². The van der Waals surface area contributed by atoms with Crippen molar-refractivity contribution >= 4 is 35.0 Å². The van der Waals surface area contributed by atoms with Gasteiger partial charge >= 0.3 is 0 Å². The second-order valence-electron chi connectivity index (χ2n) is 7.35. The second kappa shape index (κ2) is 10.2. The van der Waals surface area contributed by atoms with Gasteiger partial charge in [0.25, 0.3) is 0 Å². The van der Waals surface area contributed by atoms with Gasteiger partial charge in [-0.1, -0.05) is 45.0 Å². The molecule has 0 unspecified atom stereocenters. The predicted molar refractivity (Wildman–Crippen MR) is 117 cm³/mol. The minimum Gasteiger partial charge on any atom is -0.492 e. The van der Waals surface area contributed by atoms with Crippen molar-refractivity contribution in [1.82, 2.24) is 0 Å². The fourth-order valence-electron chi connectivity index (χ4n) is 2.52. The van der Waals surface area contributed by atoms with Crippen LogP contribution in [0.3, 0.4) is 0 Å². The molecule has 2 rings (SSSR count). The lowest BCUT2D eigenvalue weighted by atomic mass is 9.87. The monoisotopic (exact) mass is 400 g/mol. The zero-order valence-corrected chi connectivity index (χ0v) is 17.7. The van der Waals surface area contributed by atoms with Gasteiger partial charge in [0, 0.05) is 5.69 Å². The lowest BCUT2D eigenvalue weighted by Crippen LogP contribution is -2.19. The van der Waals surface area contributed by atoms with Crippen molar-refractivity contribution in [3.63, 3.8) is 0 Å². The third-order valence-electron chi connectivity index (χ3n) is 3.96. The molecule has 2 aromatic rings. The van der Waals surface area contributed by atoms with E-state index in [0.717, 1.165) is 5.69 Å². The number of ether oxygens (including phenoxy) is 1. The molecule has 0 aliphatic heterocycles. The van der Waals surface area contributed by atoms with Gasteiger partial charge in [-0.15, -0.1) is 11.8 Å². The molecule has 2 amide bonds. The van der Waals surface area contributed by atoms with Gasteiger partial charge in [0.15, 0.2) is 0 Å². The SMILES string of the molecule is CCOc1ccccc1NC(=O)CSCC(=O)Nc1ccc(C(C)(C)C)cc1. The zero-order valence-electron chi connectivity index (χ0n) is 16.9. The number of para-hydroxylation sites is 2. The predicted octanol–water partition coefficient (Wildman–Crippen LogP) is 4.69. The molecule has 0 bridgehead atoms. The van der Waals surface area contributed by atoms with E-state index in [-0.39, 0.29) is 28.7 Å². The van der Waals surface area contributed by atoms with Gasteiger partial charge in [0.2, 0.25) is 11.8 Å². The fraction of sp³-hybridized carbons (Fsp3) is 0.364. The number of thioether (sulfide) groups is 1. The van der Waals surface area contributed by atoms with E-state index in [1.807, 2.05) is 49.4 Å². The molecule has 0 fully saturated rings. The smallest absolute Gasteiger partial charge is 0.234 e. The van der Waals surface area contributed by atoms with Crippen LogP contribution in [0.15, 0.2) is 48.5 Å². The van der Waals surface area contributed by atoms with Crippen LogP contribution in [0.25, 0.3) is 0 Å². The van der Waals surface area contributed by atoms with Gasteiger partial charge in [-0.25, -0.2) is 0 Å². The van der Waals surface area contributed by atoms with E-state index in [4.69, 9.17) is 4.74 Å². The summed E-state index contributed by atoms with van der Waals surface area (Å²) in [4.78, 5) is 24.2. The molecule has 0 aromatic heterocycles. The van der Waals surface area contributed by atoms with Crippen LogP contribution in [-0.2, 0) is 15.0 Å². The van der Waals surface area contributed by atoms with Gasteiger partial charge in [0.1, 0.15) is 5.75 Å². The van der Waals surface area contributed by atoms with Crippen LogP contribution in [-0.4, -0.2) is 29.9 Å². The first-order valence-electron chi connectivity index (χ1n) is 9.29. The van der Waals surface area contributed by atoms with E-state index in [1.165, 1.54) is 17.3 Å². The van der Waals surface area contributed by atoms with E-state index < -0.39 is 0 Å². The highest BCUT2D eigenvalue weighted by molar-refractivity contribution is 8.00. The molecule has 28 heavy (non-hydrogen) atoms. The van der Waals surface area contributed by atoms with Gasteiger partial charge in [-0.3, -0.25) is 9.59 Å². The molecule has 150 valence electrons. The van der Waals surface area contributed by atoms with E-state index in [1.54, 1.807) is 6.07 Å². The Hall–Kier alpha value is -2.47. The van der Waals surface area contributed by atoms with Crippen molar-refractivity contribution in [2.75, 3.05) is 28.7 Å². The third-order valence-corrected chi connectivity index (χ3v) is 4.89. The molecular weight excluding hydrogens is 372 g/mol. The van der Waals surface area contributed by atoms with Gasteiger partial charge < -0.3 is 15.4 Å². The first kappa shape index (κ1) is 21.8. The molecule has 0 spiro atoms. The van der Waals surface area contributed by atoms with Crippen LogP contribution < -0.4 is 15.4 Å². The molecule has 0 aliphatic carbocycles. The summed E-state index contributed by atoms with van der Waals surface area (Å²) in [7, 11) is 0. The van der Waals surface area contributed by atoms with Crippen LogP contribution in [0.2, 0.25) is 0 Å². The Kier molecular flexibility index (Phi) is 7.93. The summed E-state index contributed by atoms with van der Waals surface area (Å²) in [5.74, 6) is 0.744. The molecule has 5 nitrogen and oxygen atoms in total. The maximum atomic E-state index is 12.1. The summed E-state index contributed by atoms with van der Waals surface area (Å²) in [5, 5.41) is 5.68. The molecule has 2 N–H and O–H groups in total. The van der Waals surface area contributed by atoms with Crippen LogP contribution in [0.5, 0.6) is 5.75 Å². The normalized spacial score (nSPS) is 11.0. The van der Waals surface area contributed by atoms with E-state index in [9.17, 15) is 9.59 Å². The highest BCUT2D eigenvalue weighted by Crippen LogP contribution is 2.24. The minimum atomic E-state index is -0.167.